The quantitative estimate of drug-likeness (QED) is 0.421. The average Bonchev–Trinajstić information content (AvgIpc) is 2.83. The molecule has 1 saturated heterocycles. The third-order valence-corrected chi connectivity index (χ3v) is 6.57. The Balaban J connectivity index is 1.79. The maximum atomic E-state index is 13.1. The molecule has 1 amide bonds. The molecule has 1 saturated carbocycles. The largest absolute Gasteiger partial charge is 0.463 e. The van der Waals surface area contributed by atoms with Crippen LogP contribution < -0.4 is 10.1 Å². The van der Waals surface area contributed by atoms with Crippen LogP contribution in [0.5, 0.6) is 5.75 Å². The zero-order valence-corrected chi connectivity index (χ0v) is 21.8. The van der Waals surface area contributed by atoms with Crippen molar-refractivity contribution in [1.82, 2.24) is 10.3 Å². The molecule has 0 unspecified atom stereocenters. The zero-order valence-electron chi connectivity index (χ0n) is 21.8. The monoisotopic (exact) mass is 518 g/mol. The summed E-state index contributed by atoms with van der Waals surface area (Å²) in [4.78, 5) is 67.6. The number of rotatable bonds is 7. The lowest BCUT2D eigenvalue weighted by Gasteiger charge is -2.29. The van der Waals surface area contributed by atoms with Crippen LogP contribution in [0.15, 0.2) is 12.3 Å². The maximum absolute atomic E-state index is 13.1. The predicted octanol–water partition coefficient (Wildman–Crippen LogP) is 2.28. The summed E-state index contributed by atoms with van der Waals surface area (Å²) >= 11 is 0. The SMILES string of the molecule is CC[C@H]1C(=O)OC[C@H](NC(=O)c2nccc(C)c2OC(=O)C2CCC2)C(=O)O[C@@H](C)[C@@H]1OC(=O)C(C)C. The Morgan fingerprint density at radius 1 is 1.19 bits per heavy atom. The highest BCUT2D eigenvalue weighted by atomic mass is 16.6. The Labute approximate surface area is 215 Å². The van der Waals surface area contributed by atoms with Gasteiger partial charge in [0.05, 0.1) is 17.8 Å². The highest BCUT2D eigenvalue weighted by molar-refractivity contribution is 5.98. The van der Waals surface area contributed by atoms with Crippen molar-refractivity contribution in [3.63, 3.8) is 0 Å². The van der Waals surface area contributed by atoms with Gasteiger partial charge in [0, 0.05) is 6.20 Å². The van der Waals surface area contributed by atoms with Gasteiger partial charge in [-0.15, -0.1) is 0 Å². The molecule has 4 atom stereocenters. The molecule has 0 spiro atoms. The Morgan fingerprint density at radius 3 is 2.49 bits per heavy atom. The van der Waals surface area contributed by atoms with Crippen molar-refractivity contribution in [2.75, 3.05) is 6.61 Å². The molecular weight excluding hydrogens is 484 g/mol. The summed E-state index contributed by atoms with van der Waals surface area (Å²) in [5, 5.41) is 2.47. The Morgan fingerprint density at radius 2 is 1.89 bits per heavy atom. The standard InChI is InChI=1S/C26H34N2O9/c1-6-17-21(37-23(30)13(2)3)15(5)35-26(33)18(12-34-25(17)32)28-22(29)19-20(14(4)10-11-27-19)36-24(31)16-8-7-9-16/h10-11,13,15-18,21H,6-9,12H2,1-5H3,(H,28,29)/t15-,17+,18-,21-/m0/s1. The summed E-state index contributed by atoms with van der Waals surface area (Å²) in [6.45, 7) is 7.70. The molecular formula is C26H34N2O9. The third kappa shape index (κ3) is 6.64. The number of cyclic esters (lactones) is 2. The van der Waals surface area contributed by atoms with Crippen molar-refractivity contribution in [3.05, 3.63) is 23.5 Å². The van der Waals surface area contributed by atoms with E-state index in [4.69, 9.17) is 18.9 Å². The molecule has 11 nitrogen and oxygen atoms in total. The number of aromatic nitrogens is 1. The zero-order chi connectivity index (χ0) is 27.3. The van der Waals surface area contributed by atoms with E-state index in [0.29, 0.717) is 5.56 Å². The van der Waals surface area contributed by atoms with Crippen molar-refractivity contribution in [2.45, 2.75) is 78.6 Å². The number of carbonyl (C=O) groups is 5. The molecule has 0 aromatic carbocycles. The van der Waals surface area contributed by atoms with Crippen molar-refractivity contribution < 1.29 is 42.9 Å². The van der Waals surface area contributed by atoms with E-state index in [1.54, 1.807) is 33.8 Å². The molecule has 202 valence electrons. The van der Waals surface area contributed by atoms with Gasteiger partial charge in [0.25, 0.3) is 5.91 Å². The molecule has 11 heteroatoms. The Bertz CT molecular complexity index is 1050. The van der Waals surface area contributed by atoms with Crippen molar-refractivity contribution in [3.8, 4) is 5.75 Å². The number of hydrogen-bond donors (Lipinski definition) is 1. The van der Waals surface area contributed by atoms with Crippen LogP contribution in [0.3, 0.4) is 0 Å². The average molecular weight is 519 g/mol. The van der Waals surface area contributed by atoms with Crippen molar-refractivity contribution >= 4 is 29.8 Å². The molecule has 1 aromatic heterocycles. The van der Waals surface area contributed by atoms with Gasteiger partial charge in [0.2, 0.25) is 0 Å². The number of carbonyl (C=O) groups excluding carboxylic acids is 5. The van der Waals surface area contributed by atoms with E-state index in [1.165, 1.54) is 13.1 Å². The van der Waals surface area contributed by atoms with Crippen LogP contribution in [0.1, 0.15) is 69.4 Å². The van der Waals surface area contributed by atoms with Crippen LogP contribution in [-0.2, 0) is 33.4 Å². The number of ether oxygens (including phenoxy) is 4. The smallest absolute Gasteiger partial charge is 0.332 e. The number of hydrogen-bond acceptors (Lipinski definition) is 10. The van der Waals surface area contributed by atoms with Gasteiger partial charge in [-0.3, -0.25) is 19.2 Å². The van der Waals surface area contributed by atoms with Gasteiger partial charge in [-0.05, 0) is 44.7 Å². The molecule has 0 bridgehead atoms. The van der Waals surface area contributed by atoms with E-state index >= 15 is 0 Å². The summed E-state index contributed by atoms with van der Waals surface area (Å²) < 4.78 is 21.8. The second-order valence-corrected chi connectivity index (χ2v) is 9.72. The molecule has 2 heterocycles. The predicted molar refractivity (Wildman–Crippen MR) is 128 cm³/mol. The molecule has 1 aliphatic heterocycles. The maximum Gasteiger partial charge on any atom is 0.332 e. The summed E-state index contributed by atoms with van der Waals surface area (Å²) in [6.07, 6.45) is 2.01. The Kier molecular flexibility index (Phi) is 9.23. The molecule has 37 heavy (non-hydrogen) atoms. The highest BCUT2D eigenvalue weighted by Crippen LogP contribution is 2.30. The number of nitrogens with one attached hydrogen (secondary N) is 1. The van der Waals surface area contributed by atoms with Crippen molar-refractivity contribution in [1.29, 1.82) is 0 Å². The molecule has 3 rings (SSSR count). The van der Waals surface area contributed by atoms with Gasteiger partial charge < -0.3 is 24.3 Å². The minimum atomic E-state index is -1.37. The van der Waals surface area contributed by atoms with E-state index in [1.807, 2.05) is 0 Å². The summed E-state index contributed by atoms with van der Waals surface area (Å²) in [5.74, 6) is -4.88. The first-order valence-corrected chi connectivity index (χ1v) is 12.6. The van der Waals surface area contributed by atoms with Crippen LogP contribution in [0, 0.1) is 24.7 Å². The van der Waals surface area contributed by atoms with Gasteiger partial charge in [0.15, 0.2) is 23.6 Å². The topological polar surface area (TPSA) is 147 Å². The number of esters is 4. The van der Waals surface area contributed by atoms with Crippen molar-refractivity contribution in [2.24, 2.45) is 17.8 Å². The number of aryl methyl sites for hydroxylation is 1. The van der Waals surface area contributed by atoms with Crippen LogP contribution >= 0.6 is 0 Å². The van der Waals surface area contributed by atoms with Gasteiger partial charge >= 0.3 is 23.9 Å². The van der Waals surface area contributed by atoms with Crippen LogP contribution in [0.25, 0.3) is 0 Å². The second kappa shape index (κ2) is 12.2. The van der Waals surface area contributed by atoms with Gasteiger partial charge in [-0.2, -0.15) is 0 Å². The molecule has 1 N–H and O–H groups in total. The summed E-state index contributed by atoms with van der Waals surface area (Å²) in [7, 11) is 0. The lowest BCUT2D eigenvalue weighted by atomic mass is 9.86. The van der Waals surface area contributed by atoms with Crippen LogP contribution in [0.4, 0.5) is 0 Å². The lowest BCUT2D eigenvalue weighted by molar-refractivity contribution is -0.176. The first kappa shape index (κ1) is 28.1. The van der Waals surface area contributed by atoms with E-state index in [2.05, 4.69) is 10.3 Å². The molecule has 2 aliphatic rings. The normalized spacial score (nSPS) is 24.5. The lowest BCUT2D eigenvalue weighted by Crippen LogP contribution is -2.47. The first-order valence-electron chi connectivity index (χ1n) is 12.6. The molecule has 0 radical (unpaired) electrons. The van der Waals surface area contributed by atoms with Crippen LogP contribution in [-0.4, -0.2) is 59.6 Å². The third-order valence-electron chi connectivity index (χ3n) is 6.57. The molecule has 1 aromatic rings. The fraction of sp³-hybridized carbons (Fsp3) is 0.615. The summed E-state index contributed by atoms with van der Waals surface area (Å²) in [5.41, 5.74) is 0.334. The number of nitrogens with zero attached hydrogens (tertiary/aromatic N) is 1. The molecule has 2 fully saturated rings. The second-order valence-electron chi connectivity index (χ2n) is 9.72. The minimum absolute atomic E-state index is 0.00501. The fourth-order valence-electron chi connectivity index (χ4n) is 3.97. The van der Waals surface area contributed by atoms with Gasteiger partial charge in [0.1, 0.15) is 12.7 Å². The van der Waals surface area contributed by atoms with E-state index in [-0.39, 0.29) is 23.8 Å². The minimum Gasteiger partial charge on any atom is -0.463 e. The van der Waals surface area contributed by atoms with Gasteiger partial charge in [-0.1, -0.05) is 27.2 Å². The van der Waals surface area contributed by atoms with Crippen LogP contribution in [0.2, 0.25) is 0 Å². The highest BCUT2D eigenvalue weighted by Gasteiger charge is 2.41. The summed E-state index contributed by atoms with van der Waals surface area (Å²) in [6, 6.07) is 0.231. The van der Waals surface area contributed by atoms with E-state index in [0.717, 1.165) is 19.3 Å². The van der Waals surface area contributed by atoms with E-state index in [9.17, 15) is 24.0 Å². The fourth-order valence-corrected chi connectivity index (χ4v) is 3.97. The Hall–Kier alpha value is -3.50. The number of amides is 1. The van der Waals surface area contributed by atoms with E-state index < -0.39 is 66.5 Å². The van der Waals surface area contributed by atoms with Gasteiger partial charge in [-0.25, -0.2) is 9.78 Å². The number of pyridine rings is 1. The molecule has 1 aliphatic carbocycles. The first-order chi connectivity index (χ1) is 17.5.